The van der Waals surface area contributed by atoms with Crippen molar-refractivity contribution in [3.05, 3.63) is 72.3 Å². The zero-order valence-corrected chi connectivity index (χ0v) is 12.2. The molecule has 0 aromatic heterocycles. The molecule has 2 aromatic rings. The van der Waals surface area contributed by atoms with Gasteiger partial charge in [0.2, 0.25) is 0 Å². The van der Waals surface area contributed by atoms with E-state index in [0.717, 1.165) is 6.54 Å². The Bertz CT molecular complexity index is 491. The predicted molar refractivity (Wildman–Crippen MR) is 80.2 cm³/mol. The summed E-state index contributed by atoms with van der Waals surface area (Å²) >= 11 is 0.361. The topological polar surface area (TPSA) is 12.0 Å². The molecular formula is C16H17NSe. The van der Waals surface area contributed by atoms with Gasteiger partial charge in [-0.1, -0.05) is 0 Å². The molecule has 0 aliphatic carbocycles. The maximum atomic E-state index is 3.19. The standard InChI is InChI=1S/C16H17NSe/c1-17-13-12-16(14-8-4-2-5-9-14)18-15-10-6-3-7-11-15/h2-12,17H,13H2,1H3/b16-12-. The molecule has 0 heterocycles. The van der Waals surface area contributed by atoms with Crippen LogP contribution in [0.4, 0.5) is 0 Å². The molecule has 0 spiro atoms. The molecular weight excluding hydrogens is 285 g/mol. The molecule has 2 heteroatoms. The SMILES string of the molecule is CNC/C=C(\[Se]c1ccccc1)c1ccccc1. The molecule has 0 saturated carbocycles. The van der Waals surface area contributed by atoms with Crippen molar-refractivity contribution >= 4 is 23.9 Å². The minimum absolute atomic E-state index is 0.361. The molecule has 18 heavy (non-hydrogen) atoms. The summed E-state index contributed by atoms with van der Waals surface area (Å²) in [6.45, 7) is 0.915. The van der Waals surface area contributed by atoms with E-state index in [0.29, 0.717) is 15.0 Å². The van der Waals surface area contributed by atoms with Crippen molar-refractivity contribution in [1.29, 1.82) is 0 Å². The normalized spacial score (nSPS) is 11.5. The van der Waals surface area contributed by atoms with Gasteiger partial charge >= 0.3 is 115 Å². The van der Waals surface area contributed by atoms with Crippen molar-refractivity contribution in [3.63, 3.8) is 0 Å². The van der Waals surface area contributed by atoms with Crippen LogP contribution < -0.4 is 9.78 Å². The third kappa shape index (κ3) is 3.85. The summed E-state index contributed by atoms with van der Waals surface area (Å²) in [6.07, 6.45) is 2.29. The quantitative estimate of drug-likeness (QED) is 0.836. The Balaban J connectivity index is 2.22. The molecule has 2 aromatic carbocycles. The molecule has 2 rings (SSSR count). The Kier molecular flexibility index (Phi) is 5.22. The first-order valence-electron chi connectivity index (χ1n) is 6.03. The second-order valence-electron chi connectivity index (χ2n) is 3.91. The van der Waals surface area contributed by atoms with Crippen LogP contribution in [0.25, 0.3) is 4.47 Å². The van der Waals surface area contributed by atoms with Crippen molar-refractivity contribution in [2.75, 3.05) is 13.6 Å². The van der Waals surface area contributed by atoms with Crippen molar-refractivity contribution in [1.82, 2.24) is 5.32 Å². The molecule has 0 bridgehead atoms. The number of benzene rings is 2. The van der Waals surface area contributed by atoms with Crippen molar-refractivity contribution in [2.45, 2.75) is 0 Å². The van der Waals surface area contributed by atoms with E-state index in [9.17, 15) is 0 Å². The molecule has 0 saturated heterocycles. The van der Waals surface area contributed by atoms with Crippen LogP contribution in [0.3, 0.4) is 0 Å². The maximum absolute atomic E-state index is 3.19. The Morgan fingerprint density at radius 1 is 1.00 bits per heavy atom. The van der Waals surface area contributed by atoms with Gasteiger partial charge in [0, 0.05) is 0 Å². The van der Waals surface area contributed by atoms with E-state index < -0.39 is 0 Å². The molecule has 0 fully saturated rings. The molecule has 0 amide bonds. The van der Waals surface area contributed by atoms with E-state index in [4.69, 9.17) is 0 Å². The molecule has 0 atom stereocenters. The Hall–Kier alpha value is -1.34. The fraction of sp³-hybridized carbons (Fsp3) is 0.125. The van der Waals surface area contributed by atoms with E-state index in [1.807, 2.05) is 7.05 Å². The molecule has 0 unspecified atom stereocenters. The van der Waals surface area contributed by atoms with Gasteiger partial charge in [0.15, 0.2) is 0 Å². The van der Waals surface area contributed by atoms with Gasteiger partial charge in [-0.3, -0.25) is 0 Å². The third-order valence-corrected chi connectivity index (χ3v) is 4.89. The summed E-state index contributed by atoms with van der Waals surface area (Å²) in [5.41, 5.74) is 1.33. The van der Waals surface area contributed by atoms with Crippen LogP contribution in [0.2, 0.25) is 0 Å². The molecule has 0 radical (unpaired) electrons. The van der Waals surface area contributed by atoms with Gasteiger partial charge in [-0.25, -0.2) is 0 Å². The minimum atomic E-state index is 0.361. The van der Waals surface area contributed by atoms with Crippen molar-refractivity contribution in [3.8, 4) is 0 Å². The van der Waals surface area contributed by atoms with Crippen LogP contribution in [0.15, 0.2) is 66.7 Å². The third-order valence-electron chi connectivity index (χ3n) is 2.52. The second kappa shape index (κ2) is 7.17. The molecule has 1 nitrogen and oxygen atoms in total. The Morgan fingerprint density at radius 2 is 1.61 bits per heavy atom. The van der Waals surface area contributed by atoms with Gasteiger partial charge < -0.3 is 0 Å². The first-order valence-corrected chi connectivity index (χ1v) is 7.74. The van der Waals surface area contributed by atoms with Gasteiger partial charge in [-0.05, 0) is 0 Å². The number of nitrogens with one attached hydrogen (secondary N) is 1. The molecule has 0 aliphatic heterocycles. The second-order valence-corrected chi connectivity index (χ2v) is 6.25. The van der Waals surface area contributed by atoms with Crippen molar-refractivity contribution < 1.29 is 0 Å². The average Bonchev–Trinajstić information content (AvgIpc) is 2.45. The zero-order valence-electron chi connectivity index (χ0n) is 10.5. The molecule has 92 valence electrons. The summed E-state index contributed by atoms with van der Waals surface area (Å²) in [4.78, 5) is 0. The average molecular weight is 302 g/mol. The van der Waals surface area contributed by atoms with Crippen molar-refractivity contribution in [2.24, 2.45) is 0 Å². The summed E-state index contributed by atoms with van der Waals surface area (Å²) < 4.78 is 2.85. The van der Waals surface area contributed by atoms with Gasteiger partial charge in [0.1, 0.15) is 0 Å². The van der Waals surface area contributed by atoms with Crippen LogP contribution in [-0.2, 0) is 0 Å². The van der Waals surface area contributed by atoms with Gasteiger partial charge in [0.25, 0.3) is 0 Å². The van der Waals surface area contributed by atoms with E-state index in [1.54, 1.807) is 0 Å². The van der Waals surface area contributed by atoms with Crippen LogP contribution in [-0.4, -0.2) is 28.5 Å². The van der Waals surface area contributed by atoms with Crippen LogP contribution in [0.5, 0.6) is 0 Å². The van der Waals surface area contributed by atoms with E-state index >= 15 is 0 Å². The number of rotatable bonds is 5. The van der Waals surface area contributed by atoms with Gasteiger partial charge in [-0.15, -0.1) is 0 Å². The summed E-state index contributed by atoms with van der Waals surface area (Å²) in [5.74, 6) is 0. The number of hydrogen-bond acceptors (Lipinski definition) is 1. The zero-order chi connectivity index (χ0) is 12.6. The Labute approximate surface area is 115 Å². The van der Waals surface area contributed by atoms with Crippen LogP contribution >= 0.6 is 0 Å². The molecule has 0 aliphatic rings. The van der Waals surface area contributed by atoms with E-state index in [2.05, 4.69) is 72.1 Å². The Morgan fingerprint density at radius 3 is 2.22 bits per heavy atom. The molecule has 1 N–H and O–H groups in total. The predicted octanol–water partition coefficient (Wildman–Crippen LogP) is 2.28. The van der Waals surface area contributed by atoms with Crippen LogP contribution in [0.1, 0.15) is 5.56 Å². The van der Waals surface area contributed by atoms with Gasteiger partial charge in [0.05, 0.1) is 0 Å². The first kappa shape index (κ1) is 13.1. The number of likely N-dealkylation sites (N-methyl/N-ethyl adjacent to an activating group) is 1. The fourth-order valence-electron chi connectivity index (χ4n) is 1.63. The van der Waals surface area contributed by atoms with Gasteiger partial charge in [-0.2, -0.15) is 0 Å². The van der Waals surface area contributed by atoms with E-state index in [-0.39, 0.29) is 0 Å². The monoisotopic (exact) mass is 303 g/mol. The number of hydrogen-bond donors (Lipinski definition) is 1. The summed E-state index contributed by atoms with van der Waals surface area (Å²) in [7, 11) is 1.98. The van der Waals surface area contributed by atoms with E-state index in [1.165, 1.54) is 14.5 Å². The summed E-state index contributed by atoms with van der Waals surface area (Å²) in [6, 6.07) is 21.3. The first-order chi connectivity index (χ1) is 8.90. The van der Waals surface area contributed by atoms with Crippen LogP contribution in [0, 0.1) is 0 Å². The fourth-order valence-corrected chi connectivity index (χ4v) is 3.66. The summed E-state index contributed by atoms with van der Waals surface area (Å²) in [5, 5.41) is 3.19.